The predicted octanol–water partition coefficient (Wildman–Crippen LogP) is -1.00. The summed E-state index contributed by atoms with van der Waals surface area (Å²) in [7, 11) is 0. The molecule has 0 aliphatic carbocycles. The van der Waals surface area contributed by atoms with E-state index < -0.39 is 72.8 Å². The van der Waals surface area contributed by atoms with Gasteiger partial charge in [0.25, 0.3) is 0 Å². The van der Waals surface area contributed by atoms with Crippen LogP contribution in [-0.2, 0) is 28.8 Å². The first kappa shape index (κ1) is 23.0. The normalized spacial score (nSPS) is 13.8. The molecule has 11 nitrogen and oxygen atoms in total. The fourth-order valence-corrected chi connectivity index (χ4v) is 1.94. The van der Waals surface area contributed by atoms with Crippen LogP contribution in [0.5, 0.6) is 0 Å². The lowest BCUT2D eigenvalue weighted by Gasteiger charge is -2.19. The second kappa shape index (κ2) is 10.8. The van der Waals surface area contributed by atoms with E-state index in [-0.39, 0.29) is 6.42 Å². The summed E-state index contributed by atoms with van der Waals surface area (Å²) in [6, 6.07) is -2.98. The summed E-state index contributed by atoms with van der Waals surface area (Å²) < 4.78 is 0. The van der Waals surface area contributed by atoms with E-state index in [9.17, 15) is 28.8 Å². The number of carboxylic acids is 3. The van der Waals surface area contributed by atoms with Crippen LogP contribution in [0.1, 0.15) is 39.5 Å². The van der Waals surface area contributed by atoms with Gasteiger partial charge in [0.1, 0.15) is 6.04 Å². The molecule has 0 radical (unpaired) electrons. The molecule has 0 rings (SSSR count). The van der Waals surface area contributed by atoms with Crippen LogP contribution in [0.3, 0.4) is 0 Å². The third-order valence-corrected chi connectivity index (χ3v) is 3.37. The summed E-state index contributed by atoms with van der Waals surface area (Å²) in [6.07, 6.45) is -1.91. The molecule has 0 saturated carbocycles. The maximum absolute atomic E-state index is 12.2. The van der Waals surface area contributed by atoms with Gasteiger partial charge in [-0.1, -0.05) is 13.8 Å². The summed E-state index contributed by atoms with van der Waals surface area (Å²) in [5.74, 6) is -7.44. The van der Waals surface area contributed by atoms with Crippen molar-refractivity contribution in [3.63, 3.8) is 0 Å². The molecule has 0 aromatic carbocycles. The van der Waals surface area contributed by atoms with Crippen molar-refractivity contribution < 1.29 is 44.1 Å². The van der Waals surface area contributed by atoms with E-state index in [0.29, 0.717) is 0 Å². The zero-order valence-corrected chi connectivity index (χ0v) is 14.4. The van der Waals surface area contributed by atoms with Crippen LogP contribution in [0.2, 0.25) is 0 Å². The number of aliphatic carboxylic acids is 3. The van der Waals surface area contributed by atoms with Crippen molar-refractivity contribution in [2.24, 2.45) is 5.92 Å². The molecule has 2 amide bonds. The number of hydrogen-bond acceptors (Lipinski definition) is 6. The van der Waals surface area contributed by atoms with Gasteiger partial charge in [-0.2, -0.15) is 0 Å². The molecule has 0 aromatic heterocycles. The average Bonchev–Trinajstić information content (AvgIpc) is 2.52. The van der Waals surface area contributed by atoms with Crippen LogP contribution in [-0.4, -0.2) is 62.9 Å². The summed E-state index contributed by atoms with van der Waals surface area (Å²) in [5.41, 5.74) is 0. The first-order chi connectivity index (χ1) is 12.0. The molecular weight excluding hydrogens is 352 g/mol. The van der Waals surface area contributed by atoms with Gasteiger partial charge >= 0.3 is 17.9 Å². The Morgan fingerprint density at radius 1 is 0.808 bits per heavy atom. The summed E-state index contributed by atoms with van der Waals surface area (Å²) in [5, 5.41) is 30.6. The van der Waals surface area contributed by atoms with E-state index in [4.69, 9.17) is 15.3 Å². The number of amides is 2. The first-order valence-corrected chi connectivity index (χ1v) is 7.76. The minimum absolute atomic E-state index is 0.0366. The van der Waals surface area contributed by atoms with Crippen molar-refractivity contribution in [1.29, 1.82) is 0 Å². The van der Waals surface area contributed by atoms with Crippen LogP contribution < -0.4 is 10.6 Å². The van der Waals surface area contributed by atoms with Gasteiger partial charge in [0, 0.05) is 18.8 Å². The van der Waals surface area contributed by atoms with Crippen LogP contribution in [0, 0.1) is 5.92 Å². The first-order valence-electron chi connectivity index (χ1n) is 7.76. The maximum Gasteiger partial charge on any atom is 0.326 e. The Bertz CT molecular complexity index is 588. The fourth-order valence-electron chi connectivity index (χ4n) is 1.94. The molecular formula is C15H22N2O9. The zero-order chi connectivity index (χ0) is 20.4. The van der Waals surface area contributed by atoms with Crippen molar-refractivity contribution in [1.82, 2.24) is 10.6 Å². The average molecular weight is 374 g/mol. The number of rotatable bonds is 12. The van der Waals surface area contributed by atoms with Crippen molar-refractivity contribution in [3.8, 4) is 0 Å². The number of nitrogens with one attached hydrogen (secondary N) is 2. The van der Waals surface area contributed by atoms with Crippen LogP contribution in [0.15, 0.2) is 0 Å². The third kappa shape index (κ3) is 8.76. The lowest BCUT2D eigenvalue weighted by molar-refractivity contribution is -0.147. The number of carboxylic acid groups (broad SMARTS) is 3. The molecule has 11 heteroatoms. The Morgan fingerprint density at radius 3 is 1.73 bits per heavy atom. The summed E-state index contributed by atoms with van der Waals surface area (Å²) in [6.45, 7) is 2.81. The van der Waals surface area contributed by atoms with Crippen LogP contribution >= 0.6 is 0 Å². The van der Waals surface area contributed by atoms with Crippen LogP contribution in [0.25, 0.3) is 0 Å². The second-order valence-corrected chi connectivity index (χ2v) is 5.64. The van der Waals surface area contributed by atoms with Crippen molar-refractivity contribution in [3.05, 3.63) is 0 Å². The van der Waals surface area contributed by atoms with Gasteiger partial charge in [0.05, 0.1) is 18.9 Å². The van der Waals surface area contributed by atoms with Gasteiger partial charge < -0.3 is 26.0 Å². The van der Waals surface area contributed by atoms with E-state index in [2.05, 4.69) is 5.32 Å². The molecule has 0 spiro atoms. The van der Waals surface area contributed by atoms with Gasteiger partial charge in [-0.3, -0.25) is 24.0 Å². The Morgan fingerprint density at radius 2 is 1.31 bits per heavy atom. The number of ketones is 1. The smallest absolute Gasteiger partial charge is 0.326 e. The summed E-state index contributed by atoms with van der Waals surface area (Å²) in [4.78, 5) is 67.9. The molecule has 0 aliphatic heterocycles. The van der Waals surface area contributed by atoms with E-state index in [0.717, 1.165) is 0 Å². The van der Waals surface area contributed by atoms with Crippen molar-refractivity contribution >= 4 is 35.5 Å². The monoisotopic (exact) mass is 374 g/mol. The van der Waals surface area contributed by atoms with Gasteiger partial charge in [-0.15, -0.1) is 0 Å². The minimum Gasteiger partial charge on any atom is -0.481 e. The molecule has 146 valence electrons. The molecule has 0 aromatic rings. The standard InChI is InChI=1S/C15H22N2O9/c1-3-11(19)16-8(5-12(20)21)10(18)4-7(2)14(24)17-9(15(25)26)6-13(22)23/h7-9H,3-6H2,1-2H3,(H,16,19)(H,17,24)(H,20,21)(H,22,23)(H,25,26)/t7-,8+,9+/m1/s1. The Labute approximate surface area is 148 Å². The predicted molar refractivity (Wildman–Crippen MR) is 85.1 cm³/mol. The minimum atomic E-state index is -1.66. The second-order valence-electron chi connectivity index (χ2n) is 5.64. The molecule has 26 heavy (non-hydrogen) atoms. The lowest BCUT2D eigenvalue weighted by atomic mass is 9.97. The third-order valence-electron chi connectivity index (χ3n) is 3.37. The topological polar surface area (TPSA) is 187 Å². The van der Waals surface area contributed by atoms with Crippen molar-refractivity contribution in [2.45, 2.75) is 51.6 Å². The van der Waals surface area contributed by atoms with Crippen molar-refractivity contribution in [2.75, 3.05) is 0 Å². The SMILES string of the molecule is CCC(=O)N[C@@H](CC(=O)O)C(=O)C[C@@H](C)C(=O)N[C@@H](CC(=O)O)C(=O)O. The van der Waals surface area contributed by atoms with E-state index >= 15 is 0 Å². The Kier molecular flexibility index (Phi) is 9.56. The molecule has 0 fully saturated rings. The van der Waals surface area contributed by atoms with E-state index in [1.807, 2.05) is 5.32 Å². The highest BCUT2D eigenvalue weighted by molar-refractivity contribution is 5.95. The highest BCUT2D eigenvalue weighted by atomic mass is 16.4. The highest BCUT2D eigenvalue weighted by Crippen LogP contribution is 2.09. The Balaban J connectivity index is 4.93. The molecule has 3 atom stereocenters. The quantitative estimate of drug-likeness (QED) is 0.285. The maximum atomic E-state index is 12.2. The lowest BCUT2D eigenvalue weighted by Crippen LogP contribution is -2.46. The number of Topliss-reactive ketones (excluding diaryl/α,β-unsaturated/α-hetero) is 1. The molecule has 0 saturated heterocycles. The van der Waals surface area contributed by atoms with E-state index in [1.165, 1.54) is 13.8 Å². The Hall–Kier alpha value is -2.98. The van der Waals surface area contributed by atoms with Gasteiger partial charge in [0.2, 0.25) is 11.8 Å². The fraction of sp³-hybridized carbons (Fsp3) is 0.600. The van der Waals surface area contributed by atoms with Gasteiger partial charge in [-0.05, 0) is 0 Å². The van der Waals surface area contributed by atoms with Gasteiger partial charge in [-0.25, -0.2) is 4.79 Å². The largest absolute Gasteiger partial charge is 0.481 e. The zero-order valence-electron chi connectivity index (χ0n) is 14.4. The summed E-state index contributed by atoms with van der Waals surface area (Å²) >= 11 is 0. The molecule has 0 unspecified atom stereocenters. The molecule has 0 bridgehead atoms. The van der Waals surface area contributed by atoms with E-state index in [1.54, 1.807) is 0 Å². The van der Waals surface area contributed by atoms with Crippen LogP contribution in [0.4, 0.5) is 0 Å². The highest BCUT2D eigenvalue weighted by Gasteiger charge is 2.29. The molecule has 5 N–H and O–H groups in total. The number of hydrogen-bond donors (Lipinski definition) is 5. The molecule has 0 aliphatic rings. The number of carbonyl (C=O) groups is 6. The molecule has 0 heterocycles. The van der Waals surface area contributed by atoms with Gasteiger partial charge in [0.15, 0.2) is 5.78 Å². The number of carbonyl (C=O) groups excluding carboxylic acids is 3.